The molecule has 122 valence electrons. The molecule has 1 unspecified atom stereocenters. The van der Waals surface area contributed by atoms with Crippen molar-refractivity contribution in [3.05, 3.63) is 70.2 Å². The second-order valence-electron chi connectivity index (χ2n) is 5.55. The average molecular weight is 343 g/mol. The summed E-state index contributed by atoms with van der Waals surface area (Å²) in [6, 6.07) is 12.8. The molecule has 1 aliphatic heterocycles. The Morgan fingerprint density at radius 1 is 1.04 bits per heavy atom. The van der Waals surface area contributed by atoms with Crippen LogP contribution in [0.15, 0.2) is 48.5 Å². The molecule has 0 spiro atoms. The molecular formula is C18H15ClN2O3. The summed E-state index contributed by atoms with van der Waals surface area (Å²) in [7, 11) is 0. The first-order valence-electron chi connectivity index (χ1n) is 7.48. The molecule has 3 rings (SSSR count). The van der Waals surface area contributed by atoms with Crippen LogP contribution in [0.4, 0.5) is 0 Å². The fourth-order valence-electron chi connectivity index (χ4n) is 2.62. The van der Waals surface area contributed by atoms with Gasteiger partial charge in [-0.1, -0.05) is 35.9 Å². The molecule has 1 aliphatic rings. The Labute approximate surface area is 144 Å². The first-order chi connectivity index (χ1) is 11.5. The second kappa shape index (κ2) is 6.45. The molecule has 24 heavy (non-hydrogen) atoms. The van der Waals surface area contributed by atoms with Crippen molar-refractivity contribution in [2.24, 2.45) is 0 Å². The SMILES string of the molecule is CC(C(=O)NCc1ccc(Cl)cc1)N1C(=O)c2ccccc2C1=O. The van der Waals surface area contributed by atoms with E-state index < -0.39 is 17.9 Å². The zero-order valence-corrected chi connectivity index (χ0v) is 13.7. The summed E-state index contributed by atoms with van der Waals surface area (Å²) in [4.78, 5) is 38.1. The van der Waals surface area contributed by atoms with E-state index in [-0.39, 0.29) is 5.91 Å². The number of nitrogens with one attached hydrogen (secondary N) is 1. The molecule has 6 heteroatoms. The normalized spacial score (nSPS) is 14.5. The lowest BCUT2D eigenvalue weighted by Gasteiger charge is -2.21. The number of carbonyl (C=O) groups excluding carboxylic acids is 3. The van der Waals surface area contributed by atoms with Crippen LogP contribution in [-0.2, 0) is 11.3 Å². The third-order valence-corrected chi connectivity index (χ3v) is 4.22. The molecule has 0 aliphatic carbocycles. The minimum Gasteiger partial charge on any atom is -0.350 e. The van der Waals surface area contributed by atoms with Gasteiger partial charge in [0.2, 0.25) is 5.91 Å². The Morgan fingerprint density at radius 2 is 1.58 bits per heavy atom. The summed E-state index contributed by atoms with van der Waals surface area (Å²) in [6.45, 7) is 1.84. The van der Waals surface area contributed by atoms with Crippen molar-refractivity contribution in [2.45, 2.75) is 19.5 Å². The smallest absolute Gasteiger partial charge is 0.262 e. The number of hydrogen-bond donors (Lipinski definition) is 1. The van der Waals surface area contributed by atoms with Crippen LogP contribution in [0.25, 0.3) is 0 Å². The van der Waals surface area contributed by atoms with Gasteiger partial charge in [0.25, 0.3) is 11.8 Å². The van der Waals surface area contributed by atoms with E-state index >= 15 is 0 Å². The van der Waals surface area contributed by atoms with Crippen LogP contribution in [-0.4, -0.2) is 28.7 Å². The monoisotopic (exact) mass is 342 g/mol. The van der Waals surface area contributed by atoms with Crippen LogP contribution >= 0.6 is 11.6 Å². The van der Waals surface area contributed by atoms with Gasteiger partial charge in [-0.25, -0.2) is 0 Å². The third kappa shape index (κ3) is 2.90. The zero-order chi connectivity index (χ0) is 17.3. The van der Waals surface area contributed by atoms with Crippen molar-refractivity contribution >= 4 is 29.3 Å². The Balaban J connectivity index is 1.69. The largest absolute Gasteiger partial charge is 0.350 e. The standard InChI is InChI=1S/C18H15ClN2O3/c1-11(16(22)20-10-12-6-8-13(19)9-7-12)21-17(23)14-4-2-3-5-15(14)18(21)24/h2-9,11H,10H2,1H3,(H,20,22). The van der Waals surface area contributed by atoms with E-state index in [0.717, 1.165) is 10.5 Å². The molecule has 0 saturated carbocycles. The predicted molar refractivity (Wildman–Crippen MR) is 89.7 cm³/mol. The summed E-state index contributed by atoms with van der Waals surface area (Å²) < 4.78 is 0. The number of imide groups is 1. The molecule has 2 aromatic rings. The summed E-state index contributed by atoms with van der Waals surface area (Å²) in [6.07, 6.45) is 0. The fourth-order valence-corrected chi connectivity index (χ4v) is 2.74. The molecule has 2 aromatic carbocycles. The van der Waals surface area contributed by atoms with E-state index in [4.69, 9.17) is 11.6 Å². The number of nitrogens with zero attached hydrogens (tertiary/aromatic N) is 1. The van der Waals surface area contributed by atoms with Crippen LogP contribution < -0.4 is 5.32 Å². The van der Waals surface area contributed by atoms with Gasteiger partial charge in [0, 0.05) is 11.6 Å². The van der Waals surface area contributed by atoms with Gasteiger partial charge in [0.05, 0.1) is 11.1 Å². The zero-order valence-electron chi connectivity index (χ0n) is 13.0. The highest BCUT2D eigenvalue weighted by Gasteiger charge is 2.40. The van der Waals surface area contributed by atoms with Gasteiger partial charge in [-0.05, 0) is 36.8 Å². The summed E-state index contributed by atoms with van der Waals surface area (Å²) >= 11 is 5.82. The van der Waals surface area contributed by atoms with Gasteiger partial charge in [0.15, 0.2) is 0 Å². The molecule has 0 fully saturated rings. The molecular weight excluding hydrogens is 328 g/mol. The number of amides is 3. The van der Waals surface area contributed by atoms with Gasteiger partial charge in [-0.2, -0.15) is 0 Å². The van der Waals surface area contributed by atoms with Crippen LogP contribution in [0.5, 0.6) is 0 Å². The lowest BCUT2D eigenvalue weighted by molar-refractivity contribution is -0.124. The van der Waals surface area contributed by atoms with E-state index in [2.05, 4.69) is 5.32 Å². The van der Waals surface area contributed by atoms with Crippen LogP contribution in [0.1, 0.15) is 33.2 Å². The highest BCUT2D eigenvalue weighted by atomic mass is 35.5. The number of halogens is 1. The molecule has 0 radical (unpaired) electrons. The molecule has 0 bridgehead atoms. The van der Waals surface area contributed by atoms with E-state index in [0.29, 0.717) is 22.7 Å². The number of fused-ring (bicyclic) bond motifs is 1. The van der Waals surface area contributed by atoms with Gasteiger partial charge >= 0.3 is 0 Å². The molecule has 5 nitrogen and oxygen atoms in total. The molecule has 0 aromatic heterocycles. The maximum Gasteiger partial charge on any atom is 0.262 e. The minimum atomic E-state index is -0.885. The topological polar surface area (TPSA) is 66.5 Å². The van der Waals surface area contributed by atoms with Gasteiger partial charge in [-0.3, -0.25) is 19.3 Å². The number of carbonyl (C=O) groups is 3. The van der Waals surface area contributed by atoms with Crippen molar-refractivity contribution in [2.75, 3.05) is 0 Å². The predicted octanol–water partition coefficient (Wildman–Crippen LogP) is 2.64. The lowest BCUT2D eigenvalue weighted by Crippen LogP contribution is -2.47. The molecule has 1 atom stereocenters. The Bertz CT molecular complexity index is 782. The maximum atomic E-state index is 12.4. The minimum absolute atomic E-state index is 0.295. The van der Waals surface area contributed by atoms with E-state index in [1.165, 1.54) is 0 Å². The van der Waals surface area contributed by atoms with Crippen LogP contribution in [0, 0.1) is 0 Å². The van der Waals surface area contributed by atoms with Crippen molar-refractivity contribution in [1.82, 2.24) is 10.2 Å². The highest BCUT2D eigenvalue weighted by molar-refractivity contribution is 6.30. The van der Waals surface area contributed by atoms with Gasteiger partial charge < -0.3 is 5.32 Å². The first kappa shape index (κ1) is 16.2. The van der Waals surface area contributed by atoms with Crippen LogP contribution in [0.3, 0.4) is 0 Å². The van der Waals surface area contributed by atoms with Crippen molar-refractivity contribution in [3.63, 3.8) is 0 Å². The number of benzene rings is 2. The number of hydrogen-bond acceptors (Lipinski definition) is 3. The second-order valence-corrected chi connectivity index (χ2v) is 5.98. The maximum absolute atomic E-state index is 12.4. The van der Waals surface area contributed by atoms with Crippen molar-refractivity contribution in [1.29, 1.82) is 0 Å². The van der Waals surface area contributed by atoms with Crippen LogP contribution in [0.2, 0.25) is 5.02 Å². The molecule has 1 N–H and O–H groups in total. The summed E-state index contributed by atoms with van der Waals surface area (Å²) in [5.41, 5.74) is 1.54. The molecule has 1 heterocycles. The Hall–Kier alpha value is -2.66. The molecule has 3 amide bonds. The van der Waals surface area contributed by atoms with E-state index in [1.54, 1.807) is 55.5 Å². The van der Waals surface area contributed by atoms with Crippen molar-refractivity contribution in [3.8, 4) is 0 Å². The third-order valence-electron chi connectivity index (χ3n) is 3.97. The first-order valence-corrected chi connectivity index (χ1v) is 7.86. The summed E-state index contributed by atoms with van der Waals surface area (Å²) in [5, 5.41) is 3.35. The van der Waals surface area contributed by atoms with Crippen molar-refractivity contribution < 1.29 is 14.4 Å². The quantitative estimate of drug-likeness (QED) is 0.869. The average Bonchev–Trinajstić information content (AvgIpc) is 2.85. The lowest BCUT2D eigenvalue weighted by atomic mass is 10.1. The summed E-state index contributed by atoms with van der Waals surface area (Å²) in [5.74, 6) is -1.27. The highest BCUT2D eigenvalue weighted by Crippen LogP contribution is 2.24. The van der Waals surface area contributed by atoms with Gasteiger partial charge in [0.1, 0.15) is 6.04 Å². The van der Waals surface area contributed by atoms with E-state index in [9.17, 15) is 14.4 Å². The fraction of sp³-hybridized carbons (Fsp3) is 0.167. The number of rotatable bonds is 4. The van der Waals surface area contributed by atoms with Gasteiger partial charge in [-0.15, -0.1) is 0 Å². The molecule has 0 saturated heterocycles. The Morgan fingerprint density at radius 3 is 2.12 bits per heavy atom. The Kier molecular flexibility index (Phi) is 4.36. The van der Waals surface area contributed by atoms with E-state index in [1.807, 2.05) is 0 Å².